The zero-order chi connectivity index (χ0) is 11.3. The Balaban J connectivity index is 2.69. The van der Waals surface area contributed by atoms with Gasteiger partial charge in [-0.2, -0.15) is 0 Å². The molecule has 1 aromatic carbocycles. The molecule has 0 aromatic heterocycles. The molecule has 0 aliphatic rings. The van der Waals surface area contributed by atoms with E-state index in [-0.39, 0.29) is 11.3 Å². The first-order chi connectivity index (χ1) is 7.15. The number of benzene rings is 1. The van der Waals surface area contributed by atoms with Crippen LogP contribution in [0.3, 0.4) is 0 Å². The van der Waals surface area contributed by atoms with Crippen LogP contribution in [0.5, 0.6) is 5.75 Å². The van der Waals surface area contributed by atoms with Crippen molar-refractivity contribution < 1.29 is 13.9 Å². The molecule has 1 rings (SSSR count). The van der Waals surface area contributed by atoms with E-state index < -0.39 is 5.82 Å². The van der Waals surface area contributed by atoms with Gasteiger partial charge in [0.05, 0.1) is 12.2 Å². The Morgan fingerprint density at radius 2 is 2.27 bits per heavy atom. The Morgan fingerprint density at radius 3 is 2.80 bits per heavy atom. The van der Waals surface area contributed by atoms with Crippen LogP contribution in [-0.2, 0) is 0 Å². The van der Waals surface area contributed by atoms with E-state index in [0.717, 1.165) is 11.8 Å². The van der Waals surface area contributed by atoms with Gasteiger partial charge in [-0.15, -0.1) is 0 Å². The van der Waals surface area contributed by atoms with Crippen molar-refractivity contribution in [2.24, 2.45) is 0 Å². The molecule has 4 heteroatoms. The Labute approximate surface area is 96.6 Å². The molecule has 82 valence electrons. The lowest BCUT2D eigenvalue weighted by atomic mass is 10.1. The van der Waals surface area contributed by atoms with Crippen molar-refractivity contribution in [3.8, 4) is 5.75 Å². The molecule has 0 aliphatic carbocycles. The summed E-state index contributed by atoms with van der Waals surface area (Å²) in [5, 5.41) is 0.848. The van der Waals surface area contributed by atoms with Crippen LogP contribution < -0.4 is 4.74 Å². The van der Waals surface area contributed by atoms with E-state index in [4.69, 9.17) is 4.74 Å². The molecule has 15 heavy (non-hydrogen) atoms. The van der Waals surface area contributed by atoms with Gasteiger partial charge in [-0.05, 0) is 25.5 Å². The summed E-state index contributed by atoms with van der Waals surface area (Å²) in [4.78, 5) is 11.0. The van der Waals surface area contributed by atoms with Gasteiger partial charge in [0.25, 0.3) is 0 Å². The van der Waals surface area contributed by atoms with Gasteiger partial charge in [0.1, 0.15) is 11.6 Å². The van der Waals surface area contributed by atoms with E-state index in [0.29, 0.717) is 12.4 Å². The fourth-order valence-corrected chi connectivity index (χ4v) is 1.34. The lowest BCUT2D eigenvalue weighted by Crippen LogP contribution is -2.01. The molecule has 0 aliphatic heterocycles. The van der Waals surface area contributed by atoms with Gasteiger partial charge in [0, 0.05) is 11.4 Å². The van der Waals surface area contributed by atoms with E-state index in [1.165, 1.54) is 19.1 Å². The molecule has 0 atom stereocenters. The van der Waals surface area contributed by atoms with Crippen LogP contribution in [0.15, 0.2) is 18.2 Å². The van der Waals surface area contributed by atoms with Gasteiger partial charge in [-0.3, -0.25) is 4.79 Å². The molecule has 2 nitrogen and oxygen atoms in total. The van der Waals surface area contributed by atoms with E-state index in [2.05, 4.69) is 15.9 Å². The van der Waals surface area contributed by atoms with E-state index in [1.807, 2.05) is 0 Å². The first kappa shape index (κ1) is 12.2. The SMILES string of the molecule is CC(=O)c1ccc(OCCCBr)cc1F. The summed E-state index contributed by atoms with van der Waals surface area (Å²) in [5.41, 5.74) is 0.0999. The Hall–Kier alpha value is -0.900. The zero-order valence-electron chi connectivity index (χ0n) is 8.43. The smallest absolute Gasteiger partial charge is 0.162 e. The molecule has 0 fully saturated rings. The molecule has 0 saturated heterocycles. The quantitative estimate of drug-likeness (QED) is 0.468. The highest BCUT2D eigenvalue weighted by atomic mass is 79.9. The summed E-state index contributed by atoms with van der Waals surface area (Å²) in [6.45, 7) is 1.87. The predicted octanol–water partition coefficient (Wildman–Crippen LogP) is 3.19. The number of ketones is 1. The fourth-order valence-electron chi connectivity index (χ4n) is 1.12. The van der Waals surface area contributed by atoms with Gasteiger partial charge >= 0.3 is 0 Å². The van der Waals surface area contributed by atoms with Crippen LogP contribution in [0, 0.1) is 5.82 Å². The molecular weight excluding hydrogens is 263 g/mol. The monoisotopic (exact) mass is 274 g/mol. The minimum Gasteiger partial charge on any atom is -0.493 e. The third-order valence-electron chi connectivity index (χ3n) is 1.87. The molecular formula is C11H12BrFO2. The number of ether oxygens (including phenoxy) is 1. The van der Waals surface area contributed by atoms with Crippen molar-refractivity contribution >= 4 is 21.7 Å². The third kappa shape index (κ3) is 3.63. The molecule has 0 N–H and O–H groups in total. The second-order valence-corrected chi connectivity index (χ2v) is 3.88. The topological polar surface area (TPSA) is 26.3 Å². The van der Waals surface area contributed by atoms with Gasteiger partial charge in [-0.1, -0.05) is 15.9 Å². The number of Topliss-reactive ketones (excluding diaryl/α,β-unsaturated/α-hetero) is 1. The van der Waals surface area contributed by atoms with Crippen LogP contribution in [0.4, 0.5) is 4.39 Å². The number of halogens is 2. The molecule has 0 spiro atoms. The molecule has 0 amide bonds. The minimum atomic E-state index is -0.529. The number of carbonyl (C=O) groups excluding carboxylic acids is 1. The first-order valence-corrected chi connectivity index (χ1v) is 5.76. The maximum absolute atomic E-state index is 13.3. The number of carbonyl (C=O) groups is 1. The Kier molecular flexibility index (Phi) is 4.75. The van der Waals surface area contributed by atoms with Crippen molar-refractivity contribution in [2.75, 3.05) is 11.9 Å². The highest BCUT2D eigenvalue weighted by molar-refractivity contribution is 9.09. The lowest BCUT2D eigenvalue weighted by molar-refractivity contribution is 0.101. The summed E-state index contributed by atoms with van der Waals surface area (Å²) in [5.74, 6) is -0.350. The summed E-state index contributed by atoms with van der Waals surface area (Å²) in [6, 6.07) is 4.29. The van der Waals surface area contributed by atoms with Crippen molar-refractivity contribution in [2.45, 2.75) is 13.3 Å². The van der Waals surface area contributed by atoms with Crippen LogP contribution >= 0.6 is 15.9 Å². The first-order valence-electron chi connectivity index (χ1n) is 4.64. The van der Waals surface area contributed by atoms with Crippen molar-refractivity contribution in [3.63, 3.8) is 0 Å². The van der Waals surface area contributed by atoms with Crippen molar-refractivity contribution in [3.05, 3.63) is 29.6 Å². The van der Waals surface area contributed by atoms with Crippen LogP contribution in [-0.4, -0.2) is 17.7 Å². The maximum atomic E-state index is 13.3. The maximum Gasteiger partial charge on any atom is 0.162 e. The minimum absolute atomic E-state index is 0.0999. The third-order valence-corrected chi connectivity index (χ3v) is 2.43. The molecule has 0 heterocycles. The predicted molar refractivity (Wildman–Crippen MR) is 60.3 cm³/mol. The van der Waals surface area contributed by atoms with E-state index in [9.17, 15) is 9.18 Å². The second-order valence-electron chi connectivity index (χ2n) is 3.09. The molecule has 0 saturated carbocycles. The fraction of sp³-hybridized carbons (Fsp3) is 0.364. The number of alkyl halides is 1. The molecule has 0 bridgehead atoms. The van der Waals surface area contributed by atoms with Gasteiger partial charge in [0.2, 0.25) is 0 Å². The average Bonchev–Trinajstić information content (AvgIpc) is 2.17. The van der Waals surface area contributed by atoms with E-state index in [1.54, 1.807) is 6.07 Å². The summed E-state index contributed by atoms with van der Waals surface area (Å²) >= 11 is 3.27. The highest BCUT2D eigenvalue weighted by Gasteiger charge is 2.07. The van der Waals surface area contributed by atoms with Gasteiger partial charge in [-0.25, -0.2) is 4.39 Å². The standard InChI is InChI=1S/C11H12BrFO2/c1-8(14)10-4-3-9(7-11(10)13)15-6-2-5-12/h3-4,7H,2,5-6H2,1H3. The largest absolute Gasteiger partial charge is 0.493 e. The van der Waals surface area contributed by atoms with Crippen molar-refractivity contribution in [1.29, 1.82) is 0 Å². The van der Waals surface area contributed by atoms with Crippen LogP contribution in [0.2, 0.25) is 0 Å². The summed E-state index contributed by atoms with van der Waals surface area (Å²) in [6.07, 6.45) is 0.857. The van der Waals surface area contributed by atoms with Crippen LogP contribution in [0.25, 0.3) is 0 Å². The van der Waals surface area contributed by atoms with Gasteiger partial charge < -0.3 is 4.74 Å². The second kappa shape index (κ2) is 5.85. The molecule has 0 unspecified atom stereocenters. The molecule has 0 radical (unpaired) electrons. The zero-order valence-corrected chi connectivity index (χ0v) is 10.0. The summed E-state index contributed by atoms with van der Waals surface area (Å²) in [7, 11) is 0. The number of rotatable bonds is 5. The van der Waals surface area contributed by atoms with Crippen molar-refractivity contribution in [1.82, 2.24) is 0 Å². The normalized spacial score (nSPS) is 10.1. The lowest BCUT2D eigenvalue weighted by Gasteiger charge is -2.06. The highest BCUT2D eigenvalue weighted by Crippen LogP contribution is 2.17. The summed E-state index contributed by atoms with van der Waals surface area (Å²) < 4.78 is 18.6. The Bertz CT molecular complexity index is 352. The molecule has 1 aromatic rings. The average molecular weight is 275 g/mol. The van der Waals surface area contributed by atoms with Gasteiger partial charge in [0.15, 0.2) is 5.78 Å². The van der Waals surface area contributed by atoms with E-state index >= 15 is 0 Å². The number of hydrogen-bond acceptors (Lipinski definition) is 2. The van der Waals surface area contributed by atoms with Crippen LogP contribution in [0.1, 0.15) is 23.7 Å². The Morgan fingerprint density at radius 1 is 1.53 bits per heavy atom. The number of hydrogen-bond donors (Lipinski definition) is 0.